The average molecular weight is 380 g/mol. The summed E-state index contributed by atoms with van der Waals surface area (Å²) in [6, 6.07) is 0. The first-order chi connectivity index (χ1) is 11.1. The van der Waals surface area contributed by atoms with Gasteiger partial charge in [-0.15, -0.1) is 0 Å². The lowest BCUT2D eigenvalue weighted by atomic mass is 9.99. The van der Waals surface area contributed by atoms with Crippen molar-refractivity contribution in [2.45, 2.75) is 31.6 Å². The topological polar surface area (TPSA) is 113 Å². The molecule has 0 spiro atoms. The van der Waals surface area contributed by atoms with Gasteiger partial charge in [-0.1, -0.05) is 5.16 Å². The van der Waals surface area contributed by atoms with E-state index in [2.05, 4.69) is 9.88 Å². The Morgan fingerprint density at radius 1 is 1.21 bits per heavy atom. The Kier molecular flexibility index (Phi) is 5.70. The molecule has 0 unspecified atom stereocenters. The van der Waals surface area contributed by atoms with Crippen molar-refractivity contribution in [1.29, 1.82) is 0 Å². The van der Waals surface area contributed by atoms with Crippen LogP contribution in [0.1, 0.15) is 24.3 Å². The minimum atomic E-state index is -3.68. The summed E-state index contributed by atoms with van der Waals surface area (Å²) in [6.07, 6.45) is 1.22. The van der Waals surface area contributed by atoms with Crippen molar-refractivity contribution < 1.29 is 21.4 Å². The summed E-state index contributed by atoms with van der Waals surface area (Å²) < 4.78 is 59.0. The van der Waals surface area contributed by atoms with Crippen molar-refractivity contribution in [2.24, 2.45) is 5.92 Å². The zero-order chi connectivity index (χ0) is 18.1. The molecular formula is C13H24N4O5S2. The Morgan fingerprint density at radius 3 is 2.25 bits per heavy atom. The Hall–Kier alpha value is -1.01. The van der Waals surface area contributed by atoms with Crippen molar-refractivity contribution in [3.8, 4) is 0 Å². The van der Waals surface area contributed by atoms with Gasteiger partial charge in [0.05, 0.1) is 0 Å². The van der Waals surface area contributed by atoms with Crippen LogP contribution >= 0.6 is 0 Å². The lowest BCUT2D eigenvalue weighted by Gasteiger charge is -2.32. The normalized spacial score (nSPS) is 18.4. The Morgan fingerprint density at radius 2 is 1.79 bits per heavy atom. The Bertz CT molecular complexity index is 758. The summed E-state index contributed by atoms with van der Waals surface area (Å²) in [7, 11) is -4.09. The second kappa shape index (κ2) is 7.08. The van der Waals surface area contributed by atoms with Gasteiger partial charge in [-0.2, -0.15) is 17.0 Å². The first-order valence-electron chi connectivity index (χ1n) is 7.66. The molecule has 1 saturated heterocycles. The van der Waals surface area contributed by atoms with Crippen molar-refractivity contribution in [3.05, 3.63) is 11.5 Å². The lowest BCUT2D eigenvalue weighted by Crippen LogP contribution is -2.45. The van der Waals surface area contributed by atoms with Crippen LogP contribution in [0.4, 0.5) is 0 Å². The molecule has 2 rings (SSSR count). The number of hydrogen-bond acceptors (Lipinski definition) is 6. The zero-order valence-corrected chi connectivity index (χ0v) is 15.9. The second-order valence-electron chi connectivity index (χ2n) is 6.14. The van der Waals surface area contributed by atoms with Gasteiger partial charge in [0.2, 0.25) is 10.0 Å². The smallest absolute Gasteiger partial charge is 0.281 e. The molecule has 0 amide bonds. The molecule has 0 aliphatic carbocycles. The van der Waals surface area contributed by atoms with Crippen LogP contribution in [-0.4, -0.2) is 64.3 Å². The summed E-state index contributed by atoms with van der Waals surface area (Å²) in [5, 5.41) is 3.66. The summed E-state index contributed by atoms with van der Waals surface area (Å²) >= 11 is 0. The molecule has 1 aromatic heterocycles. The maximum atomic E-state index is 12.4. The first-order valence-corrected chi connectivity index (χ1v) is 10.5. The van der Waals surface area contributed by atoms with Crippen molar-refractivity contribution >= 4 is 20.2 Å². The molecule has 1 aliphatic heterocycles. The van der Waals surface area contributed by atoms with Gasteiger partial charge in [0.1, 0.15) is 10.6 Å². The fourth-order valence-electron chi connectivity index (χ4n) is 2.73. The molecule has 1 N–H and O–H groups in total. The van der Waals surface area contributed by atoms with E-state index in [0.29, 0.717) is 31.6 Å². The lowest BCUT2D eigenvalue weighted by molar-refractivity contribution is 0.263. The second-order valence-corrected chi connectivity index (χ2v) is 9.98. The number of aromatic nitrogens is 1. The van der Waals surface area contributed by atoms with Crippen LogP contribution in [-0.2, 0) is 20.2 Å². The summed E-state index contributed by atoms with van der Waals surface area (Å²) in [5.74, 6) is 0.348. The van der Waals surface area contributed by atoms with E-state index in [1.54, 1.807) is 13.8 Å². The van der Waals surface area contributed by atoms with E-state index in [9.17, 15) is 16.8 Å². The molecule has 2 heterocycles. The minimum Gasteiger partial charge on any atom is -0.360 e. The van der Waals surface area contributed by atoms with E-state index >= 15 is 0 Å². The van der Waals surface area contributed by atoms with Crippen LogP contribution in [0.3, 0.4) is 0 Å². The van der Waals surface area contributed by atoms with E-state index in [-0.39, 0.29) is 23.1 Å². The van der Waals surface area contributed by atoms with Crippen LogP contribution < -0.4 is 4.72 Å². The third-order valence-electron chi connectivity index (χ3n) is 4.16. The van der Waals surface area contributed by atoms with Gasteiger partial charge in [-0.3, -0.25) is 0 Å². The van der Waals surface area contributed by atoms with Crippen LogP contribution in [0.5, 0.6) is 0 Å². The maximum absolute atomic E-state index is 12.4. The van der Waals surface area contributed by atoms with Gasteiger partial charge in [-0.05, 0) is 32.6 Å². The van der Waals surface area contributed by atoms with Crippen LogP contribution in [0.2, 0.25) is 0 Å². The van der Waals surface area contributed by atoms with Crippen molar-refractivity contribution in [1.82, 2.24) is 18.5 Å². The van der Waals surface area contributed by atoms with E-state index in [4.69, 9.17) is 4.52 Å². The molecule has 0 atom stereocenters. The molecule has 24 heavy (non-hydrogen) atoms. The molecular weight excluding hydrogens is 356 g/mol. The van der Waals surface area contributed by atoms with Gasteiger partial charge < -0.3 is 4.52 Å². The van der Waals surface area contributed by atoms with Crippen LogP contribution in [0, 0.1) is 19.8 Å². The van der Waals surface area contributed by atoms with Gasteiger partial charge in [0, 0.05) is 33.7 Å². The predicted octanol–water partition coefficient (Wildman–Crippen LogP) is 0.0881. The quantitative estimate of drug-likeness (QED) is 0.748. The van der Waals surface area contributed by atoms with Gasteiger partial charge in [0.25, 0.3) is 10.2 Å². The number of nitrogens with zero attached hydrogens (tertiary/aromatic N) is 3. The zero-order valence-electron chi connectivity index (χ0n) is 14.3. The molecule has 1 fully saturated rings. The van der Waals surface area contributed by atoms with Crippen LogP contribution in [0.25, 0.3) is 0 Å². The molecule has 0 aromatic carbocycles. The third kappa shape index (κ3) is 3.97. The van der Waals surface area contributed by atoms with E-state index in [0.717, 1.165) is 0 Å². The SMILES string of the molecule is Cc1noc(C)c1S(=O)(=O)NCC1CCN(S(=O)(=O)N(C)C)CC1. The summed E-state index contributed by atoms with van der Waals surface area (Å²) in [5.41, 5.74) is 0.326. The van der Waals surface area contributed by atoms with Gasteiger partial charge in [0.15, 0.2) is 5.76 Å². The number of rotatable bonds is 6. The number of hydrogen-bond donors (Lipinski definition) is 1. The molecule has 0 radical (unpaired) electrons. The third-order valence-corrected chi connectivity index (χ3v) is 7.77. The highest BCUT2D eigenvalue weighted by atomic mass is 32.2. The van der Waals surface area contributed by atoms with Crippen molar-refractivity contribution in [3.63, 3.8) is 0 Å². The largest absolute Gasteiger partial charge is 0.360 e. The number of piperidine rings is 1. The average Bonchev–Trinajstić information content (AvgIpc) is 2.85. The van der Waals surface area contributed by atoms with E-state index in [1.807, 2.05) is 0 Å². The highest BCUT2D eigenvalue weighted by molar-refractivity contribution is 7.89. The van der Waals surface area contributed by atoms with E-state index in [1.165, 1.54) is 22.7 Å². The monoisotopic (exact) mass is 380 g/mol. The first kappa shape index (κ1) is 19.3. The van der Waals surface area contributed by atoms with E-state index < -0.39 is 20.2 Å². The molecule has 1 aliphatic rings. The highest BCUT2D eigenvalue weighted by Gasteiger charge is 2.31. The highest BCUT2D eigenvalue weighted by Crippen LogP contribution is 2.22. The summed E-state index contributed by atoms with van der Waals surface area (Å²) in [6.45, 7) is 4.17. The minimum absolute atomic E-state index is 0.0788. The number of aryl methyl sites for hydroxylation is 2. The number of sulfonamides is 1. The van der Waals surface area contributed by atoms with Crippen molar-refractivity contribution in [2.75, 3.05) is 33.7 Å². The Balaban J connectivity index is 1.94. The predicted molar refractivity (Wildman–Crippen MR) is 88.1 cm³/mol. The van der Waals surface area contributed by atoms with Gasteiger partial charge >= 0.3 is 0 Å². The van der Waals surface area contributed by atoms with Gasteiger partial charge in [-0.25, -0.2) is 13.1 Å². The van der Waals surface area contributed by atoms with Crippen LogP contribution in [0.15, 0.2) is 9.42 Å². The molecule has 0 bridgehead atoms. The standard InChI is InChI=1S/C13H24N4O5S2/c1-10-13(11(2)22-15-10)23(18,19)14-9-12-5-7-17(8-6-12)24(20,21)16(3)4/h12,14H,5-9H2,1-4H3. The molecule has 11 heteroatoms. The summed E-state index contributed by atoms with van der Waals surface area (Å²) in [4.78, 5) is 0.0788. The molecule has 1 aromatic rings. The molecule has 138 valence electrons. The fourth-order valence-corrected chi connectivity index (χ4v) is 5.31. The molecule has 0 saturated carbocycles. The Labute approximate surface area is 143 Å². The molecule has 9 nitrogen and oxygen atoms in total. The fraction of sp³-hybridized carbons (Fsp3) is 0.769. The number of nitrogens with one attached hydrogen (secondary N) is 1. The maximum Gasteiger partial charge on any atom is 0.281 e.